The minimum Gasteiger partial charge on any atom is -0.376 e. The molecule has 1 aromatic carbocycles. The highest BCUT2D eigenvalue weighted by Crippen LogP contribution is 2.25. The summed E-state index contributed by atoms with van der Waals surface area (Å²) in [6.45, 7) is -0.0865. The number of benzene rings is 1. The van der Waals surface area contributed by atoms with Gasteiger partial charge in [0.1, 0.15) is 5.82 Å². The third kappa shape index (κ3) is 2.23. The maximum absolute atomic E-state index is 12.9. The molecular formula is C10H11FN2O2. The van der Waals surface area contributed by atoms with E-state index < -0.39 is 0 Å². The van der Waals surface area contributed by atoms with Crippen molar-refractivity contribution in [2.75, 3.05) is 11.9 Å². The largest absolute Gasteiger partial charge is 0.376 e. The van der Waals surface area contributed by atoms with E-state index in [1.54, 1.807) is 6.07 Å². The van der Waals surface area contributed by atoms with Crippen molar-refractivity contribution in [3.05, 3.63) is 39.7 Å². The second kappa shape index (κ2) is 3.84. The molecule has 2 rings (SSSR count). The molecule has 0 fully saturated rings. The van der Waals surface area contributed by atoms with Crippen LogP contribution in [0.25, 0.3) is 0 Å². The Balaban J connectivity index is 2.13. The van der Waals surface area contributed by atoms with Crippen molar-refractivity contribution in [1.29, 1.82) is 0 Å². The van der Waals surface area contributed by atoms with Crippen molar-refractivity contribution in [2.24, 2.45) is 0 Å². The van der Waals surface area contributed by atoms with Crippen LogP contribution in [-0.2, 0) is 6.42 Å². The molecule has 0 radical (unpaired) electrons. The lowest BCUT2D eigenvalue weighted by Gasteiger charge is -2.24. The summed E-state index contributed by atoms with van der Waals surface area (Å²) in [5.41, 5.74) is 1.71. The molecule has 1 atom stereocenters. The lowest BCUT2D eigenvalue weighted by Crippen LogP contribution is -2.32. The third-order valence-electron chi connectivity index (χ3n) is 2.56. The average Bonchev–Trinajstić information content (AvgIpc) is 2.17. The number of nitro groups is 1. The fraction of sp³-hybridized carbons (Fsp3) is 0.400. The van der Waals surface area contributed by atoms with E-state index in [9.17, 15) is 14.5 Å². The van der Waals surface area contributed by atoms with E-state index in [4.69, 9.17) is 0 Å². The molecule has 0 saturated heterocycles. The molecule has 4 nitrogen and oxygen atoms in total. The van der Waals surface area contributed by atoms with Crippen LogP contribution in [0, 0.1) is 15.9 Å². The number of hydrogen-bond donors (Lipinski definition) is 1. The lowest BCUT2D eigenvalue weighted by atomic mass is 9.98. The van der Waals surface area contributed by atoms with Crippen LogP contribution < -0.4 is 5.32 Å². The van der Waals surface area contributed by atoms with Gasteiger partial charge in [0.15, 0.2) is 0 Å². The Morgan fingerprint density at radius 3 is 3.13 bits per heavy atom. The van der Waals surface area contributed by atoms with Crippen LogP contribution in [0.4, 0.5) is 10.1 Å². The number of anilines is 1. The van der Waals surface area contributed by atoms with Gasteiger partial charge in [0.25, 0.3) is 0 Å². The van der Waals surface area contributed by atoms with Crippen LogP contribution in [0.5, 0.6) is 0 Å². The van der Waals surface area contributed by atoms with E-state index in [-0.39, 0.29) is 23.3 Å². The van der Waals surface area contributed by atoms with E-state index in [0.29, 0.717) is 12.8 Å². The molecule has 1 heterocycles. The Bertz CT molecular complexity index is 395. The number of fused-ring (bicyclic) bond motifs is 1. The molecule has 1 N–H and O–H groups in total. The maximum Gasteiger partial charge on any atom is 0.223 e. The quantitative estimate of drug-likeness (QED) is 0.598. The highest BCUT2D eigenvalue weighted by molar-refractivity contribution is 5.53. The summed E-state index contributed by atoms with van der Waals surface area (Å²) in [6.07, 6.45) is 1.37. The second-order valence-corrected chi connectivity index (χ2v) is 3.70. The number of nitrogens with zero attached hydrogens (tertiary/aromatic N) is 1. The topological polar surface area (TPSA) is 55.2 Å². The van der Waals surface area contributed by atoms with Gasteiger partial charge >= 0.3 is 0 Å². The lowest BCUT2D eigenvalue weighted by molar-refractivity contribution is -0.481. The zero-order valence-electron chi connectivity index (χ0n) is 8.07. The van der Waals surface area contributed by atoms with Gasteiger partial charge in [0, 0.05) is 10.6 Å². The third-order valence-corrected chi connectivity index (χ3v) is 2.56. The van der Waals surface area contributed by atoms with Crippen molar-refractivity contribution in [3.63, 3.8) is 0 Å². The van der Waals surface area contributed by atoms with Gasteiger partial charge < -0.3 is 5.32 Å². The van der Waals surface area contributed by atoms with Crippen LogP contribution in [0.15, 0.2) is 18.2 Å². The molecule has 1 aliphatic heterocycles. The molecule has 5 heteroatoms. The minimum absolute atomic E-state index is 0.0865. The van der Waals surface area contributed by atoms with Gasteiger partial charge in [-0.1, -0.05) is 0 Å². The van der Waals surface area contributed by atoms with Crippen LogP contribution in [0.3, 0.4) is 0 Å². The van der Waals surface area contributed by atoms with Crippen LogP contribution in [0.1, 0.15) is 12.0 Å². The first kappa shape index (κ1) is 9.89. The Morgan fingerprint density at radius 2 is 2.40 bits per heavy atom. The first-order chi connectivity index (χ1) is 7.15. The molecule has 0 aromatic heterocycles. The summed E-state index contributed by atoms with van der Waals surface area (Å²) in [6, 6.07) is 4.33. The zero-order valence-corrected chi connectivity index (χ0v) is 8.07. The summed E-state index contributed by atoms with van der Waals surface area (Å²) in [5, 5.41) is 13.4. The van der Waals surface area contributed by atoms with Gasteiger partial charge in [-0.05, 0) is 36.6 Å². The molecule has 1 aromatic rings. The average molecular weight is 210 g/mol. The Labute approximate surface area is 86.3 Å². The van der Waals surface area contributed by atoms with Gasteiger partial charge in [-0.25, -0.2) is 4.39 Å². The van der Waals surface area contributed by atoms with Crippen molar-refractivity contribution in [2.45, 2.75) is 18.9 Å². The number of hydrogen-bond acceptors (Lipinski definition) is 3. The van der Waals surface area contributed by atoms with E-state index in [1.807, 2.05) is 0 Å². The molecule has 0 aliphatic carbocycles. The monoisotopic (exact) mass is 210 g/mol. The fourth-order valence-corrected chi connectivity index (χ4v) is 1.85. The number of halogens is 1. The van der Waals surface area contributed by atoms with Crippen molar-refractivity contribution >= 4 is 5.69 Å². The molecule has 0 bridgehead atoms. The number of rotatable bonds is 2. The van der Waals surface area contributed by atoms with E-state index >= 15 is 0 Å². The van der Waals surface area contributed by atoms with Crippen LogP contribution in [-0.4, -0.2) is 17.5 Å². The van der Waals surface area contributed by atoms with Crippen LogP contribution in [0.2, 0.25) is 0 Å². The molecule has 80 valence electrons. The molecular weight excluding hydrogens is 199 g/mol. The van der Waals surface area contributed by atoms with Gasteiger partial charge in [0.05, 0.1) is 6.04 Å². The molecule has 15 heavy (non-hydrogen) atoms. The standard InChI is InChI=1S/C10H11FN2O2/c11-8-2-4-10-7(5-8)1-3-9(12-10)6-13(14)15/h2,4-5,9,12H,1,3,6H2. The predicted molar refractivity (Wildman–Crippen MR) is 54.0 cm³/mol. The Morgan fingerprint density at radius 1 is 1.60 bits per heavy atom. The number of aryl methyl sites for hydroxylation is 1. The highest BCUT2D eigenvalue weighted by Gasteiger charge is 2.21. The van der Waals surface area contributed by atoms with E-state index in [1.165, 1.54) is 12.1 Å². The zero-order chi connectivity index (χ0) is 10.8. The first-order valence-corrected chi connectivity index (χ1v) is 4.82. The second-order valence-electron chi connectivity index (χ2n) is 3.70. The molecule has 0 amide bonds. The van der Waals surface area contributed by atoms with E-state index in [2.05, 4.69) is 5.32 Å². The SMILES string of the molecule is O=[N+]([O-])CC1CCc2cc(F)ccc2N1. The van der Waals surface area contributed by atoms with Gasteiger partial charge in [0.2, 0.25) is 6.54 Å². The van der Waals surface area contributed by atoms with Crippen LogP contribution >= 0.6 is 0 Å². The smallest absolute Gasteiger partial charge is 0.223 e. The van der Waals surface area contributed by atoms with Gasteiger partial charge in [-0.2, -0.15) is 0 Å². The Kier molecular flexibility index (Phi) is 2.53. The predicted octanol–water partition coefficient (Wildman–Crippen LogP) is 1.83. The van der Waals surface area contributed by atoms with Crippen molar-refractivity contribution < 1.29 is 9.31 Å². The van der Waals surface area contributed by atoms with Gasteiger partial charge in [-0.15, -0.1) is 0 Å². The van der Waals surface area contributed by atoms with E-state index in [0.717, 1.165) is 11.3 Å². The highest BCUT2D eigenvalue weighted by atomic mass is 19.1. The summed E-state index contributed by atoms with van der Waals surface area (Å²) < 4.78 is 12.9. The van der Waals surface area contributed by atoms with Gasteiger partial charge in [-0.3, -0.25) is 10.1 Å². The molecule has 1 aliphatic rings. The number of nitrogens with one attached hydrogen (secondary N) is 1. The maximum atomic E-state index is 12.9. The molecule has 0 spiro atoms. The molecule has 1 unspecified atom stereocenters. The summed E-state index contributed by atoms with van der Waals surface area (Å²) in [5.74, 6) is -0.261. The van der Waals surface area contributed by atoms with Crippen molar-refractivity contribution in [1.82, 2.24) is 0 Å². The fourth-order valence-electron chi connectivity index (χ4n) is 1.85. The summed E-state index contributed by atoms with van der Waals surface area (Å²) >= 11 is 0. The minimum atomic E-state index is -0.327. The summed E-state index contributed by atoms with van der Waals surface area (Å²) in [4.78, 5) is 10.0. The molecule has 0 saturated carbocycles. The Hall–Kier alpha value is -1.65. The first-order valence-electron chi connectivity index (χ1n) is 4.82. The summed E-state index contributed by atoms with van der Waals surface area (Å²) in [7, 11) is 0. The van der Waals surface area contributed by atoms with Crippen molar-refractivity contribution in [3.8, 4) is 0 Å². The normalized spacial score (nSPS) is 19.1.